The van der Waals surface area contributed by atoms with Crippen LogP contribution in [0.3, 0.4) is 0 Å². The molecule has 1 atom stereocenters. The molecule has 8 nitrogen and oxygen atoms in total. The summed E-state index contributed by atoms with van der Waals surface area (Å²) in [5.41, 5.74) is 2.39. The molecule has 10 heteroatoms. The quantitative estimate of drug-likeness (QED) is 0.473. The summed E-state index contributed by atoms with van der Waals surface area (Å²) in [7, 11) is -3.35. The first-order chi connectivity index (χ1) is 16.3. The number of nitrogens with zero attached hydrogens (tertiary/aromatic N) is 4. The van der Waals surface area contributed by atoms with Crippen molar-refractivity contribution in [3.05, 3.63) is 60.2 Å². The van der Waals surface area contributed by atoms with Crippen molar-refractivity contribution < 1.29 is 13.2 Å². The van der Waals surface area contributed by atoms with Crippen molar-refractivity contribution in [1.29, 1.82) is 0 Å². The molecule has 2 aromatic carbocycles. The standard InChI is InChI=1S/C24H29N5O3S2/c1-18-8-6-7-15-28(18)22(30)17-33-24-26-25-23(29(24)16-19-9-4-3-5-10-19)20-11-13-21(14-12-20)27-34(2,31)32/h3-5,9-14,18,27H,6-8,15-17H2,1-2H3. The third kappa shape index (κ3) is 6.18. The summed E-state index contributed by atoms with van der Waals surface area (Å²) in [5, 5.41) is 9.50. The molecule has 1 amide bonds. The van der Waals surface area contributed by atoms with Crippen molar-refractivity contribution >= 4 is 33.4 Å². The second-order valence-electron chi connectivity index (χ2n) is 8.55. The first-order valence-corrected chi connectivity index (χ1v) is 14.2. The lowest BCUT2D eigenvalue weighted by Crippen LogP contribution is -2.43. The van der Waals surface area contributed by atoms with E-state index in [9.17, 15) is 13.2 Å². The van der Waals surface area contributed by atoms with Crippen molar-refractivity contribution in [1.82, 2.24) is 19.7 Å². The van der Waals surface area contributed by atoms with Gasteiger partial charge in [0.2, 0.25) is 15.9 Å². The number of aromatic nitrogens is 3. The maximum atomic E-state index is 12.9. The SMILES string of the molecule is CC1CCCCN1C(=O)CSc1nnc(-c2ccc(NS(C)(=O)=O)cc2)n1Cc1ccccc1. The summed E-state index contributed by atoms with van der Waals surface area (Å²) in [6.45, 7) is 3.49. The monoisotopic (exact) mass is 499 g/mol. The second-order valence-corrected chi connectivity index (χ2v) is 11.2. The molecule has 0 radical (unpaired) electrons. The fraction of sp³-hybridized carbons (Fsp3) is 0.375. The van der Waals surface area contributed by atoms with E-state index in [1.54, 1.807) is 12.1 Å². The highest BCUT2D eigenvalue weighted by molar-refractivity contribution is 7.99. The van der Waals surface area contributed by atoms with E-state index < -0.39 is 10.0 Å². The zero-order valence-corrected chi connectivity index (χ0v) is 21.0. The van der Waals surface area contributed by atoms with E-state index in [0.29, 0.717) is 29.0 Å². The molecule has 180 valence electrons. The number of hydrogen-bond donors (Lipinski definition) is 1. The van der Waals surface area contributed by atoms with Crippen molar-refractivity contribution in [2.24, 2.45) is 0 Å². The molecule has 0 saturated carbocycles. The first-order valence-electron chi connectivity index (χ1n) is 11.3. The van der Waals surface area contributed by atoms with Crippen LogP contribution in [0, 0.1) is 0 Å². The summed E-state index contributed by atoms with van der Waals surface area (Å²) in [5.74, 6) is 1.11. The van der Waals surface area contributed by atoms with Gasteiger partial charge in [0.25, 0.3) is 0 Å². The Hall–Kier alpha value is -2.85. The smallest absolute Gasteiger partial charge is 0.233 e. The number of rotatable bonds is 8. The van der Waals surface area contributed by atoms with Crippen LogP contribution in [0.2, 0.25) is 0 Å². The lowest BCUT2D eigenvalue weighted by molar-refractivity contribution is -0.131. The van der Waals surface area contributed by atoms with E-state index in [-0.39, 0.29) is 11.9 Å². The van der Waals surface area contributed by atoms with Crippen LogP contribution in [-0.2, 0) is 21.4 Å². The number of benzene rings is 2. The Morgan fingerprint density at radius 3 is 2.50 bits per heavy atom. The molecule has 0 bridgehead atoms. The lowest BCUT2D eigenvalue weighted by Gasteiger charge is -2.33. The number of sulfonamides is 1. The first kappa shape index (κ1) is 24.3. The Bertz CT molecular complexity index is 1230. The highest BCUT2D eigenvalue weighted by Crippen LogP contribution is 2.27. The Labute approximate surface area is 204 Å². The molecule has 4 rings (SSSR count). The fourth-order valence-electron chi connectivity index (χ4n) is 4.10. The van der Waals surface area contributed by atoms with Crippen molar-refractivity contribution in [2.75, 3.05) is 23.3 Å². The van der Waals surface area contributed by atoms with Gasteiger partial charge >= 0.3 is 0 Å². The summed E-state index contributed by atoms with van der Waals surface area (Å²) < 4.78 is 27.5. The van der Waals surface area contributed by atoms with Gasteiger partial charge in [0, 0.05) is 23.8 Å². The molecule has 1 N–H and O–H groups in total. The van der Waals surface area contributed by atoms with Crippen molar-refractivity contribution in [3.8, 4) is 11.4 Å². The Morgan fingerprint density at radius 2 is 1.82 bits per heavy atom. The van der Waals surface area contributed by atoms with Gasteiger partial charge in [-0.25, -0.2) is 8.42 Å². The van der Waals surface area contributed by atoms with Gasteiger partial charge in [0.15, 0.2) is 11.0 Å². The second kappa shape index (κ2) is 10.6. The third-order valence-corrected chi connectivity index (χ3v) is 7.35. The highest BCUT2D eigenvalue weighted by Gasteiger charge is 2.24. The normalized spacial score (nSPS) is 16.4. The van der Waals surface area contributed by atoms with E-state index in [4.69, 9.17) is 0 Å². The summed E-state index contributed by atoms with van der Waals surface area (Å²) in [6, 6.07) is 17.3. The largest absolute Gasteiger partial charge is 0.339 e. The zero-order chi connectivity index (χ0) is 24.1. The topological polar surface area (TPSA) is 97.2 Å². The molecule has 3 aromatic rings. The average molecular weight is 500 g/mol. The molecule has 34 heavy (non-hydrogen) atoms. The molecule has 1 fully saturated rings. The molecule has 0 spiro atoms. The summed E-state index contributed by atoms with van der Waals surface area (Å²) in [4.78, 5) is 14.8. The predicted molar refractivity (Wildman–Crippen MR) is 135 cm³/mol. The van der Waals surface area contributed by atoms with Crippen LogP contribution in [0.25, 0.3) is 11.4 Å². The van der Waals surface area contributed by atoms with Crippen molar-refractivity contribution in [3.63, 3.8) is 0 Å². The van der Waals surface area contributed by atoms with Gasteiger partial charge < -0.3 is 4.90 Å². The predicted octanol–water partition coefficient (Wildman–Crippen LogP) is 3.86. The number of hydrogen-bond acceptors (Lipinski definition) is 6. The van der Waals surface area contributed by atoms with E-state index in [2.05, 4.69) is 21.8 Å². The average Bonchev–Trinajstić information content (AvgIpc) is 3.20. The summed E-state index contributed by atoms with van der Waals surface area (Å²) in [6.07, 6.45) is 4.40. The third-order valence-electron chi connectivity index (χ3n) is 5.79. The number of nitrogens with one attached hydrogen (secondary N) is 1. The molecular weight excluding hydrogens is 470 g/mol. The molecule has 0 aliphatic carbocycles. The molecule has 1 aromatic heterocycles. The minimum Gasteiger partial charge on any atom is -0.339 e. The fourth-order valence-corrected chi connectivity index (χ4v) is 5.48. The maximum absolute atomic E-state index is 12.9. The van der Waals surface area contributed by atoms with Crippen LogP contribution in [0.1, 0.15) is 31.7 Å². The number of amides is 1. The van der Waals surface area contributed by atoms with Gasteiger partial charge in [-0.15, -0.1) is 10.2 Å². The van der Waals surface area contributed by atoms with Gasteiger partial charge in [0.1, 0.15) is 0 Å². The number of carbonyl (C=O) groups is 1. The molecule has 1 unspecified atom stereocenters. The minimum absolute atomic E-state index is 0.129. The number of piperidine rings is 1. The summed E-state index contributed by atoms with van der Waals surface area (Å²) >= 11 is 1.40. The van der Waals surface area contributed by atoms with Gasteiger partial charge in [-0.05, 0) is 56.0 Å². The van der Waals surface area contributed by atoms with Crippen LogP contribution in [-0.4, -0.2) is 58.6 Å². The molecule has 1 saturated heterocycles. The number of carbonyl (C=O) groups excluding carboxylic acids is 1. The molecule has 1 aliphatic heterocycles. The number of thioether (sulfide) groups is 1. The Kier molecular flexibility index (Phi) is 7.57. The number of anilines is 1. The molecular formula is C24H29N5O3S2. The number of likely N-dealkylation sites (tertiary alicyclic amines) is 1. The Balaban J connectivity index is 1.57. The van der Waals surface area contributed by atoms with E-state index >= 15 is 0 Å². The van der Waals surface area contributed by atoms with Crippen LogP contribution in [0.15, 0.2) is 59.8 Å². The van der Waals surface area contributed by atoms with E-state index in [0.717, 1.165) is 36.8 Å². The van der Waals surface area contributed by atoms with E-state index in [1.165, 1.54) is 18.2 Å². The molecule has 2 heterocycles. The lowest BCUT2D eigenvalue weighted by atomic mass is 10.0. The van der Waals surface area contributed by atoms with Gasteiger partial charge in [0.05, 0.1) is 18.6 Å². The zero-order valence-electron chi connectivity index (χ0n) is 19.3. The van der Waals surface area contributed by atoms with Gasteiger partial charge in [-0.1, -0.05) is 42.1 Å². The van der Waals surface area contributed by atoms with Gasteiger partial charge in [-0.3, -0.25) is 14.1 Å². The van der Waals surface area contributed by atoms with Crippen molar-refractivity contribution in [2.45, 2.75) is 43.9 Å². The minimum atomic E-state index is -3.35. The van der Waals surface area contributed by atoms with E-state index in [1.807, 2.05) is 51.9 Å². The van der Waals surface area contributed by atoms with Crippen LogP contribution < -0.4 is 4.72 Å². The molecule has 1 aliphatic rings. The van der Waals surface area contributed by atoms with Crippen LogP contribution in [0.4, 0.5) is 5.69 Å². The Morgan fingerprint density at radius 1 is 1.09 bits per heavy atom. The highest BCUT2D eigenvalue weighted by atomic mass is 32.2. The van der Waals surface area contributed by atoms with Gasteiger partial charge in [-0.2, -0.15) is 0 Å². The maximum Gasteiger partial charge on any atom is 0.233 e. The van der Waals surface area contributed by atoms with Crippen LogP contribution in [0.5, 0.6) is 0 Å². The van der Waals surface area contributed by atoms with Crippen LogP contribution >= 0.6 is 11.8 Å².